The summed E-state index contributed by atoms with van der Waals surface area (Å²) in [6.07, 6.45) is 4.21. The minimum atomic E-state index is -0.205. The fourth-order valence-electron chi connectivity index (χ4n) is 2.68. The number of hydrogen-bond donors (Lipinski definition) is 3. The predicted molar refractivity (Wildman–Crippen MR) is 85.0 cm³/mol. The number of nitrogens with zero attached hydrogens (tertiary/aromatic N) is 1. The number of nitrogen functional groups attached to an aromatic ring is 1. The van der Waals surface area contributed by atoms with Gasteiger partial charge < -0.3 is 16.2 Å². The van der Waals surface area contributed by atoms with Crippen LogP contribution in [0.15, 0.2) is 24.3 Å². The lowest BCUT2D eigenvalue weighted by Gasteiger charge is -2.40. The Morgan fingerprint density at radius 1 is 1.52 bits per heavy atom. The van der Waals surface area contributed by atoms with E-state index < -0.39 is 0 Å². The molecule has 1 saturated carbocycles. The van der Waals surface area contributed by atoms with Crippen molar-refractivity contribution in [3.63, 3.8) is 0 Å². The predicted octanol–water partition coefficient (Wildman–Crippen LogP) is 1.83. The summed E-state index contributed by atoms with van der Waals surface area (Å²) in [4.78, 5) is 14.6. The number of nitrogens with two attached hydrogens (primary N) is 1. The molecule has 1 amide bonds. The first-order chi connectivity index (χ1) is 10.1. The molecule has 5 nitrogen and oxygen atoms in total. The standard InChI is InChI=1S/C16H25N3O2/c1-12(19(9-4-10-20)15-7-3-8-15)16(21)18-14-6-2-5-13(17)11-14/h2,5-6,11-12,15,20H,3-4,7-10,17H2,1H3,(H,18,21). The van der Waals surface area contributed by atoms with Gasteiger partial charge in [-0.2, -0.15) is 0 Å². The SMILES string of the molecule is CC(C(=O)Nc1cccc(N)c1)N(CCCO)C1CCC1. The van der Waals surface area contributed by atoms with E-state index in [9.17, 15) is 4.79 Å². The van der Waals surface area contributed by atoms with Crippen LogP contribution in [0.3, 0.4) is 0 Å². The van der Waals surface area contributed by atoms with E-state index in [1.165, 1.54) is 6.42 Å². The number of carbonyl (C=O) groups is 1. The molecule has 2 rings (SSSR count). The van der Waals surface area contributed by atoms with Gasteiger partial charge in [-0.05, 0) is 44.4 Å². The minimum Gasteiger partial charge on any atom is -0.399 e. The summed E-state index contributed by atoms with van der Waals surface area (Å²) in [7, 11) is 0. The summed E-state index contributed by atoms with van der Waals surface area (Å²) in [5.74, 6) is -0.0227. The van der Waals surface area contributed by atoms with Crippen LogP contribution in [0.25, 0.3) is 0 Å². The Labute approximate surface area is 126 Å². The van der Waals surface area contributed by atoms with Crippen molar-refractivity contribution >= 4 is 17.3 Å². The number of anilines is 2. The smallest absolute Gasteiger partial charge is 0.241 e. The molecule has 1 aromatic carbocycles. The van der Waals surface area contributed by atoms with Crippen molar-refractivity contribution in [1.82, 2.24) is 4.90 Å². The summed E-state index contributed by atoms with van der Waals surface area (Å²) in [5, 5.41) is 12.0. The van der Waals surface area contributed by atoms with Gasteiger partial charge >= 0.3 is 0 Å². The highest BCUT2D eigenvalue weighted by molar-refractivity contribution is 5.94. The molecule has 1 aromatic rings. The number of amides is 1. The van der Waals surface area contributed by atoms with Crippen LogP contribution in [0.1, 0.15) is 32.6 Å². The highest BCUT2D eigenvalue weighted by atomic mass is 16.3. The third kappa shape index (κ3) is 4.19. The molecule has 1 atom stereocenters. The number of nitrogens with one attached hydrogen (secondary N) is 1. The quantitative estimate of drug-likeness (QED) is 0.670. The van der Waals surface area contributed by atoms with Gasteiger partial charge in [-0.1, -0.05) is 12.5 Å². The second-order valence-corrected chi connectivity index (χ2v) is 5.69. The second kappa shape index (κ2) is 7.43. The summed E-state index contributed by atoms with van der Waals surface area (Å²) < 4.78 is 0. The van der Waals surface area contributed by atoms with Gasteiger partial charge in [0.1, 0.15) is 0 Å². The molecule has 4 N–H and O–H groups in total. The Morgan fingerprint density at radius 3 is 2.86 bits per heavy atom. The lowest BCUT2D eigenvalue weighted by atomic mass is 9.90. The van der Waals surface area contributed by atoms with Gasteiger partial charge in [0.2, 0.25) is 5.91 Å². The van der Waals surface area contributed by atoms with Crippen molar-refractivity contribution in [2.45, 2.75) is 44.7 Å². The number of aliphatic hydroxyl groups excluding tert-OH is 1. The third-order valence-corrected chi connectivity index (χ3v) is 4.15. The van der Waals surface area contributed by atoms with Gasteiger partial charge in [-0.25, -0.2) is 0 Å². The summed E-state index contributed by atoms with van der Waals surface area (Å²) in [6.45, 7) is 2.84. The summed E-state index contributed by atoms with van der Waals surface area (Å²) >= 11 is 0. The van der Waals surface area contributed by atoms with Crippen molar-refractivity contribution in [3.05, 3.63) is 24.3 Å². The van der Waals surface area contributed by atoms with Crippen LogP contribution in [0.5, 0.6) is 0 Å². The number of hydrogen-bond acceptors (Lipinski definition) is 4. The van der Waals surface area contributed by atoms with Gasteiger partial charge in [-0.3, -0.25) is 9.69 Å². The zero-order valence-electron chi connectivity index (χ0n) is 12.6. The second-order valence-electron chi connectivity index (χ2n) is 5.69. The lowest BCUT2D eigenvalue weighted by Crippen LogP contribution is -2.50. The number of carbonyl (C=O) groups excluding carboxylic acids is 1. The Balaban J connectivity index is 1.98. The molecule has 1 aliphatic carbocycles. The highest BCUT2D eigenvalue weighted by Gasteiger charge is 2.31. The zero-order chi connectivity index (χ0) is 15.2. The van der Waals surface area contributed by atoms with E-state index in [1.807, 2.05) is 19.1 Å². The molecule has 0 heterocycles. The summed E-state index contributed by atoms with van der Waals surface area (Å²) in [5.41, 5.74) is 7.09. The van der Waals surface area contributed by atoms with Crippen LogP contribution < -0.4 is 11.1 Å². The number of aliphatic hydroxyl groups is 1. The molecule has 1 aliphatic rings. The van der Waals surface area contributed by atoms with E-state index >= 15 is 0 Å². The molecule has 0 aliphatic heterocycles. The number of rotatable bonds is 7. The van der Waals surface area contributed by atoms with Crippen molar-refractivity contribution in [1.29, 1.82) is 0 Å². The molecule has 116 valence electrons. The molecule has 5 heteroatoms. The highest BCUT2D eigenvalue weighted by Crippen LogP contribution is 2.27. The average Bonchev–Trinajstić information content (AvgIpc) is 2.40. The average molecular weight is 291 g/mol. The van der Waals surface area contributed by atoms with Crippen molar-refractivity contribution in [2.75, 3.05) is 24.2 Å². The summed E-state index contributed by atoms with van der Waals surface area (Å²) in [6, 6.07) is 7.47. The molecule has 0 bridgehead atoms. The van der Waals surface area contributed by atoms with Gasteiger partial charge in [0, 0.05) is 30.6 Å². The lowest BCUT2D eigenvalue weighted by molar-refractivity contribution is -0.122. The fourth-order valence-corrected chi connectivity index (χ4v) is 2.68. The van der Waals surface area contributed by atoms with Crippen molar-refractivity contribution < 1.29 is 9.90 Å². The van der Waals surface area contributed by atoms with Crippen LogP contribution in [-0.4, -0.2) is 41.1 Å². The van der Waals surface area contributed by atoms with E-state index in [-0.39, 0.29) is 18.6 Å². The molecular formula is C16H25N3O2. The Bertz CT molecular complexity index is 474. The normalized spacial score (nSPS) is 16.5. The van der Waals surface area contributed by atoms with Crippen LogP contribution in [0.4, 0.5) is 11.4 Å². The Morgan fingerprint density at radius 2 is 2.29 bits per heavy atom. The molecule has 21 heavy (non-hydrogen) atoms. The molecule has 1 unspecified atom stereocenters. The van der Waals surface area contributed by atoms with Gasteiger partial charge in [0.15, 0.2) is 0 Å². The van der Waals surface area contributed by atoms with Crippen LogP contribution in [0.2, 0.25) is 0 Å². The maximum atomic E-state index is 12.4. The topological polar surface area (TPSA) is 78.6 Å². The number of benzene rings is 1. The minimum absolute atomic E-state index is 0.0227. The third-order valence-electron chi connectivity index (χ3n) is 4.15. The van der Waals surface area contributed by atoms with E-state index in [4.69, 9.17) is 10.8 Å². The molecule has 0 saturated heterocycles. The van der Waals surface area contributed by atoms with E-state index in [0.717, 1.165) is 25.1 Å². The Hall–Kier alpha value is -1.59. The van der Waals surface area contributed by atoms with E-state index in [0.29, 0.717) is 18.2 Å². The van der Waals surface area contributed by atoms with Crippen LogP contribution in [0, 0.1) is 0 Å². The largest absolute Gasteiger partial charge is 0.399 e. The maximum absolute atomic E-state index is 12.4. The molecular weight excluding hydrogens is 266 g/mol. The first-order valence-corrected chi connectivity index (χ1v) is 7.65. The van der Waals surface area contributed by atoms with Crippen LogP contribution in [-0.2, 0) is 4.79 Å². The van der Waals surface area contributed by atoms with Crippen molar-refractivity contribution in [3.8, 4) is 0 Å². The fraction of sp³-hybridized carbons (Fsp3) is 0.562. The van der Waals surface area contributed by atoms with Crippen LogP contribution >= 0.6 is 0 Å². The molecule has 0 radical (unpaired) electrons. The maximum Gasteiger partial charge on any atom is 0.241 e. The monoisotopic (exact) mass is 291 g/mol. The van der Waals surface area contributed by atoms with Gasteiger partial charge in [0.25, 0.3) is 0 Å². The first-order valence-electron chi connectivity index (χ1n) is 7.65. The van der Waals surface area contributed by atoms with Gasteiger partial charge in [0.05, 0.1) is 6.04 Å². The van der Waals surface area contributed by atoms with Gasteiger partial charge in [-0.15, -0.1) is 0 Å². The van der Waals surface area contributed by atoms with E-state index in [2.05, 4.69) is 10.2 Å². The molecule has 0 aromatic heterocycles. The van der Waals surface area contributed by atoms with Crippen molar-refractivity contribution in [2.24, 2.45) is 0 Å². The first kappa shape index (κ1) is 15.8. The molecule has 1 fully saturated rings. The molecule has 0 spiro atoms. The van der Waals surface area contributed by atoms with E-state index in [1.54, 1.807) is 12.1 Å². The Kier molecular flexibility index (Phi) is 5.59. The zero-order valence-corrected chi connectivity index (χ0v) is 12.6.